The molecule has 1 heterocycles. The number of nitriles is 1. The zero-order valence-electron chi connectivity index (χ0n) is 17.0. The third-order valence-electron chi connectivity index (χ3n) is 5.41. The van der Waals surface area contributed by atoms with E-state index in [1.807, 2.05) is 38.1 Å². The molecule has 2 unspecified atom stereocenters. The Balaban J connectivity index is 1.79. The predicted molar refractivity (Wildman–Crippen MR) is 115 cm³/mol. The van der Waals surface area contributed by atoms with E-state index in [1.165, 1.54) is 22.9 Å². The molecule has 0 spiro atoms. The zero-order valence-corrected chi connectivity index (χ0v) is 17.8. The topological polar surface area (TPSA) is 65.8 Å². The number of thioether (sulfide) groups is 1. The van der Waals surface area contributed by atoms with Crippen molar-refractivity contribution in [2.24, 2.45) is 5.92 Å². The second-order valence-electron chi connectivity index (χ2n) is 7.71. The predicted octanol–water partition coefficient (Wildman–Crippen LogP) is 5.20. The van der Waals surface area contributed by atoms with Gasteiger partial charge >= 0.3 is 0 Å². The van der Waals surface area contributed by atoms with Crippen LogP contribution in [-0.2, 0) is 17.6 Å². The van der Waals surface area contributed by atoms with Crippen molar-refractivity contribution in [2.75, 3.05) is 5.32 Å². The highest BCUT2D eigenvalue weighted by atomic mass is 32.2. The molecule has 1 N–H and O–H groups in total. The van der Waals surface area contributed by atoms with Crippen LogP contribution in [0.2, 0.25) is 0 Å². The number of hydrogen-bond donors (Lipinski definition) is 1. The van der Waals surface area contributed by atoms with Crippen LogP contribution in [0.5, 0.6) is 0 Å². The van der Waals surface area contributed by atoms with E-state index in [-0.39, 0.29) is 11.2 Å². The maximum atomic E-state index is 12.8. The molecule has 0 radical (unpaired) electrons. The largest absolute Gasteiger partial charge is 0.325 e. The summed E-state index contributed by atoms with van der Waals surface area (Å²) < 4.78 is 0. The smallest absolute Gasteiger partial charge is 0.237 e. The number of pyridine rings is 1. The van der Waals surface area contributed by atoms with E-state index in [4.69, 9.17) is 4.98 Å². The first-order chi connectivity index (χ1) is 13.4. The fraction of sp³-hybridized carbons (Fsp3) is 0.435. The number of carbonyl (C=O) groups excluding carboxylic acids is 1. The minimum Gasteiger partial charge on any atom is -0.325 e. The van der Waals surface area contributed by atoms with Gasteiger partial charge < -0.3 is 5.32 Å². The van der Waals surface area contributed by atoms with E-state index >= 15 is 0 Å². The van der Waals surface area contributed by atoms with E-state index in [0.29, 0.717) is 22.9 Å². The zero-order chi connectivity index (χ0) is 20.3. The van der Waals surface area contributed by atoms with Crippen molar-refractivity contribution < 1.29 is 4.79 Å². The molecule has 1 aliphatic rings. The van der Waals surface area contributed by atoms with Crippen LogP contribution in [0.1, 0.15) is 54.6 Å². The summed E-state index contributed by atoms with van der Waals surface area (Å²) in [6.07, 6.45) is 3.72. The second-order valence-corrected chi connectivity index (χ2v) is 8.90. The van der Waals surface area contributed by atoms with Crippen molar-refractivity contribution in [1.29, 1.82) is 5.26 Å². The minimum absolute atomic E-state index is 0.0483. The summed E-state index contributed by atoms with van der Waals surface area (Å²) in [4.78, 5) is 17.6. The van der Waals surface area contributed by atoms with Crippen LogP contribution < -0.4 is 5.32 Å². The third kappa shape index (κ3) is 4.56. The van der Waals surface area contributed by atoms with Crippen molar-refractivity contribution in [3.63, 3.8) is 0 Å². The Bertz CT molecular complexity index is 932. The number of amides is 1. The molecular weight excluding hydrogens is 366 g/mol. The molecule has 5 heteroatoms. The molecule has 4 nitrogen and oxygen atoms in total. The normalized spacial score (nSPS) is 16.8. The van der Waals surface area contributed by atoms with E-state index < -0.39 is 0 Å². The number of carbonyl (C=O) groups is 1. The standard InChI is InChI=1S/C23H27N3OS/c1-5-21(22(27)25-19-8-7-15(3)16(4)11-19)28-23-18(13-24)12-17-10-14(2)6-9-20(17)26-23/h7-8,11-12,14,21H,5-6,9-10H2,1-4H3,(H,25,27). The number of hydrogen-bond acceptors (Lipinski definition) is 4. The first kappa shape index (κ1) is 20.4. The lowest BCUT2D eigenvalue weighted by molar-refractivity contribution is -0.115. The molecule has 2 aromatic rings. The highest BCUT2D eigenvalue weighted by Gasteiger charge is 2.24. The number of rotatable bonds is 5. The van der Waals surface area contributed by atoms with Crippen molar-refractivity contribution in [3.05, 3.63) is 52.2 Å². The summed E-state index contributed by atoms with van der Waals surface area (Å²) in [6.45, 7) is 8.32. The molecule has 1 aromatic heterocycles. The Morgan fingerprint density at radius 2 is 2.14 bits per heavy atom. The van der Waals surface area contributed by atoms with Gasteiger partial charge in [-0.3, -0.25) is 4.79 Å². The van der Waals surface area contributed by atoms with Crippen LogP contribution in [0.4, 0.5) is 5.69 Å². The first-order valence-electron chi connectivity index (χ1n) is 9.89. The van der Waals surface area contributed by atoms with Crippen molar-refractivity contribution in [1.82, 2.24) is 4.98 Å². The quantitative estimate of drug-likeness (QED) is 0.709. The van der Waals surface area contributed by atoms with Gasteiger partial charge in [0.25, 0.3) is 0 Å². The molecule has 0 aliphatic heterocycles. The molecule has 0 fully saturated rings. The van der Waals surface area contributed by atoms with Gasteiger partial charge in [0, 0.05) is 11.4 Å². The Morgan fingerprint density at radius 1 is 1.36 bits per heavy atom. The highest BCUT2D eigenvalue weighted by Crippen LogP contribution is 2.32. The van der Waals surface area contributed by atoms with Gasteiger partial charge in [-0.15, -0.1) is 0 Å². The summed E-state index contributed by atoms with van der Waals surface area (Å²) in [6, 6.07) is 10.2. The maximum absolute atomic E-state index is 12.8. The average molecular weight is 394 g/mol. The molecule has 0 saturated heterocycles. The summed E-state index contributed by atoms with van der Waals surface area (Å²) >= 11 is 1.40. The fourth-order valence-corrected chi connectivity index (χ4v) is 4.49. The number of anilines is 1. The molecule has 28 heavy (non-hydrogen) atoms. The van der Waals surface area contributed by atoms with E-state index in [2.05, 4.69) is 25.2 Å². The third-order valence-corrected chi connectivity index (χ3v) is 6.78. The fourth-order valence-electron chi connectivity index (χ4n) is 3.50. The average Bonchev–Trinajstić information content (AvgIpc) is 2.68. The lowest BCUT2D eigenvalue weighted by Gasteiger charge is -2.22. The maximum Gasteiger partial charge on any atom is 0.237 e. The summed E-state index contributed by atoms with van der Waals surface area (Å²) in [5.41, 5.74) is 6.01. The number of benzene rings is 1. The van der Waals surface area contributed by atoms with Crippen molar-refractivity contribution >= 4 is 23.4 Å². The van der Waals surface area contributed by atoms with Crippen LogP contribution in [-0.4, -0.2) is 16.1 Å². The monoisotopic (exact) mass is 393 g/mol. The van der Waals surface area contributed by atoms with Gasteiger partial charge in [0.05, 0.1) is 10.8 Å². The van der Waals surface area contributed by atoms with Gasteiger partial charge in [-0.25, -0.2) is 4.98 Å². The number of aryl methyl sites for hydroxylation is 3. The number of nitrogens with zero attached hydrogens (tertiary/aromatic N) is 2. The minimum atomic E-state index is -0.290. The summed E-state index contributed by atoms with van der Waals surface area (Å²) in [5.74, 6) is 0.583. The molecular formula is C23H27N3OS. The Morgan fingerprint density at radius 3 is 2.82 bits per heavy atom. The second kappa shape index (κ2) is 8.79. The number of aromatic nitrogens is 1. The Hall–Kier alpha value is -2.32. The van der Waals surface area contributed by atoms with Crippen LogP contribution in [0.15, 0.2) is 29.3 Å². The molecule has 2 atom stereocenters. The Kier molecular flexibility index (Phi) is 6.41. The number of fused-ring (bicyclic) bond motifs is 1. The summed E-state index contributed by atoms with van der Waals surface area (Å²) in [5, 5.41) is 13.0. The SMILES string of the molecule is CCC(Sc1nc2c(cc1C#N)CC(C)CC2)C(=O)Nc1ccc(C)c(C)c1. The molecule has 1 amide bonds. The summed E-state index contributed by atoms with van der Waals surface area (Å²) in [7, 11) is 0. The lowest BCUT2D eigenvalue weighted by atomic mass is 9.87. The van der Waals surface area contributed by atoms with Gasteiger partial charge in [0.1, 0.15) is 11.1 Å². The molecule has 146 valence electrons. The van der Waals surface area contributed by atoms with Crippen LogP contribution >= 0.6 is 11.8 Å². The van der Waals surface area contributed by atoms with Crippen LogP contribution in [0.3, 0.4) is 0 Å². The molecule has 1 aromatic carbocycles. The van der Waals surface area contributed by atoms with Gasteiger partial charge in [-0.1, -0.05) is 31.7 Å². The molecule has 0 saturated carbocycles. The van der Waals surface area contributed by atoms with E-state index in [1.54, 1.807) is 0 Å². The van der Waals surface area contributed by atoms with Crippen molar-refractivity contribution in [2.45, 2.75) is 63.7 Å². The van der Waals surface area contributed by atoms with Crippen LogP contribution in [0.25, 0.3) is 0 Å². The highest BCUT2D eigenvalue weighted by molar-refractivity contribution is 8.00. The van der Waals surface area contributed by atoms with Gasteiger partial charge in [-0.05, 0) is 80.3 Å². The number of nitrogens with one attached hydrogen (secondary N) is 1. The lowest BCUT2D eigenvalue weighted by Crippen LogP contribution is -2.25. The first-order valence-corrected chi connectivity index (χ1v) is 10.8. The van der Waals surface area contributed by atoms with Gasteiger partial charge in [-0.2, -0.15) is 5.26 Å². The molecule has 1 aliphatic carbocycles. The molecule has 0 bridgehead atoms. The van der Waals surface area contributed by atoms with Gasteiger partial charge in [0.2, 0.25) is 5.91 Å². The molecule has 3 rings (SSSR count). The Labute approximate surface area is 171 Å². The van der Waals surface area contributed by atoms with Gasteiger partial charge in [0.15, 0.2) is 0 Å². The van der Waals surface area contributed by atoms with Crippen LogP contribution in [0, 0.1) is 31.1 Å². The van der Waals surface area contributed by atoms with E-state index in [0.717, 1.165) is 36.2 Å². The van der Waals surface area contributed by atoms with Crippen molar-refractivity contribution in [3.8, 4) is 6.07 Å². The van der Waals surface area contributed by atoms with E-state index in [9.17, 15) is 10.1 Å².